The second kappa shape index (κ2) is 58.5. The lowest BCUT2D eigenvalue weighted by Crippen LogP contribution is -2.61. The van der Waals surface area contributed by atoms with E-state index in [1.54, 1.807) is 0 Å². The van der Waals surface area contributed by atoms with Crippen LogP contribution < -0.4 is 0 Å². The maximum absolute atomic E-state index is 13.2. The maximum Gasteiger partial charge on any atom is 0.335 e. The van der Waals surface area contributed by atoms with E-state index in [-0.39, 0.29) is 25.9 Å². The second-order valence-corrected chi connectivity index (χ2v) is 23.1. The Morgan fingerprint density at radius 2 is 0.759 bits per heavy atom. The monoisotopic (exact) mass is 1170 g/mol. The van der Waals surface area contributed by atoms with Crippen LogP contribution in [0.4, 0.5) is 0 Å². The maximum atomic E-state index is 13.2. The minimum Gasteiger partial charge on any atom is -0.479 e. The number of carbonyl (C=O) groups is 4. The van der Waals surface area contributed by atoms with E-state index < -0.39 is 67.3 Å². The van der Waals surface area contributed by atoms with Crippen molar-refractivity contribution in [3.8, 4) is 0 Å². The van der Waals surface area contributed by atoms with Crippen molar-refractivity contribution in [1.82, 2.24) is 0 Å². The first-order valence-electron chi connectivity index (χ1n) is 33.9. The SMILES string of the molecule is CC/C=C\C/C=C\C/C=C\CCCCCCCC(=O)OC(COC(=O)CCCCCCCCCCC/C=C\C/C=C\CCCCC)COC1OC(C(=O)O)C(O)C(O)C1OC(=O)CCCCCCCCCCC/C=C\CCCCCCCC. The number of allylic oxidation sites excluding steroid dienone is 12. The Kier molecular flexibility index (Phi) is 54.4. The van der Waals surface area contributed by atoms with Crippen molar-refractivity contribution in [2.45, 2.75) is 340 Å². The summed E-state index contributed by atoms with van der Waals surface area (Å²) in [4.78, 5) is 51.4. The standard InChI is InChI=1S/C71H122O12/c1-4-7-10-13-16-19-22-25-28-30-32-34-37-39-42-45-48-51-54-57-63(72)79-60-62(81-64(73)58-55-52-49-46-43-40-36-27-24-21-18-15-12-9-6-3)61-80-71-69(67(76)66(75)68(83-71)70(77)78)82-65(74)59-56-53-50-47-44-41-38-35-33-31-29-26-23-20-17-14-11-8-5-2/h9,12,16,18-19,21,25-29,36,62,66-69,71,75-76H,4-8,10-11,13-15,17,20,22-24,30-35,37-61H2,1-3H3,(H,77,78)/b12-9-,19-16-,21-18-,28-25-,29-26-,36-27-. The molecule has 0 spiro atoms. The molecular formula is C71H122O12. The van der Waals surface area contributed by atoms with E-state index in [1.807, 2.05) is 0 Å². The summed E-state index contributed by atoms with van der Waals surface area (Å²) in [5.74, 6) is -3.13. The number of unbranched alkanes of at least 4 members (excludes halogenated alkanes) is 32. The van der Waals surface area contributed by atoms with E-state index in [4.69, 9.17) is 23.7 Å². The van der Waals surface area contributed by atoms with E-state index in [9.17, 15) is 34.5 Å². The van der Waals surface area contributed by atoms with Gasteiger partial charge in [0, 0.05) is 19.3 Å². The lowest BCUT2D eigenvalue weighted by Gasteiger charge is -2.40. The predicted molar refractivity (Wildman–Crippen MR) is 340 cm³/mol. The smallest absolute Gasteiger partial charge is 0.335 e. The molecule has 0 aromatic heterocycles. The lowest BCUT2D eigenvalue weighted by molar-refractivity contribution is -0.301. The highest BCUT2D eigenvalue weighted by molar-refractivity contribution is 5.74. The number of rotatable bonds is 58. The normalized spacial score (nSPS) is 18.0. The van der Waals surface area contributed by atoms with Gasteiger partial charge < -0.3 is 39.0 Å². The fourth-order valence-corrected chi connectivity index (χ4v) is 10.1. The fourth-order valence-electron chi connectivity index (χ4n) is 10.1. The molecule has 0 radical (unpaired) electrons. The summed E-state index contributed by atoms with van der Waals surface area (Å²) in [7, 11) is 0. The van der Waals surface area contributed by atoms with Gasteiger partial charge in [0.2, 0.25) is 0 Å². The highest BCUT2D eigenvalue weighted by atomic mass is 16.7. The minimum atomic E-state index is -1.91. The first-order chi connectivity index (χ1) is 40.6. The van der Waals surface area contributed by atoms with Gasteiger partial charge in [-0.15, -0.1) is 0 Å². The Morgan fingerprint density at radius 1 is 0.410 bits per heavy atom. The molecule has 1 aliphatic rings. The van der Waals surface area contributed by atoms with Gasteiger partial charge in [-0.25, -0.2) is 4.79 Å². The molecule has 0 aromatic rings. The zero-order valence-electron chi connectivity index (χ0n) is 52.9. The molecule has 1 rings (SSSR count). The van der Waals surface area contributed by atoms with Crippen molar-refractivity contribution in [3.63, 3.8) is 0 Å². The Bertz CT molecular complexity index is 1720. The molecule has 6 atom stereocenters. The molecule has 0 saturated carbocycles. The van der Waals surface area contributed by atoms with Gasteiger partial charge in [-0.2, -0.15) is 0 Å². The average Bonchev–Trinajstić information content (AvgIpc) is 3.60. The summed E-state index contributed by atoms with van der Waals surface area (Å²) in [6.45, 7) is 5.88. The van der Waals surface area contributed by atoms with Crippen molar-refractivity contribution >= 4 is 23.9 Å². The lowest BCUT2D eigenvalue weighted by atomic mass is 9.98. The Hall–Kier alpha value is -3.84. The molecule has 0 bridgehead atoms. The average molecular weight is 1170 g/mol. The van der Waals surface area contributed by atoms with Crippen molar-refractivity contribution < 1.29 is 58.2 Å². The first-order valence-corrected chi connectivity index (χ1v) is 33.9. The summed E-state index contributed by atoms with van der Waals surface area (Å²) in [6.07, 6.45) is 62.8. The third kappa shape index (κ3) is 48.0. The highest BCUT2D eigenvalue weighted by Gasteiger charge is 2.50. The van der Waals surface area contributed by atoms with Crippen LogP contribution in [0, 0.1) is 0 Å². The largest absolute Gasteiger partial charge is 0.479 e. The van der Waals surface area contributed by atoms with Gasteiger partial charge in [0.25, 0.3) is 0 Å². The molecule has 0 aliphatic carbocycles. The predicted octanol–water partition coefficient (Wildman–Crippen LogP) is 18.5. The van der Waals surface area contributed by atoms with Crippen LogP contribution >= 0.6 is 0 Å². The molecule has 0 amide bonds. The Morgan fingerprint density at radius 3 is 1.19 bits per heavy atom. The van der Waals surface area contributed by atoms with Gasteiger partial charge in [-0.05, 0) is 109 Å². The van der Waals surface area contributed by atoms with Crippen LogP contribution in [0.2, 0.25) is 0 Å². The molecule has 1 saturated heterocycles. The van der Waals surface area contributed by atoms with E-state index in [0.717, 1.165) is 116 Å². The van der Waals surface area contributed by atoms with Crippen LogP contribution in [0.3, 0.4) is 0 Å². The molecule has 1 fully saturated rings. The van der Waals surface area contributed by atoms with E-state index >= 15 is 0 Å². The molecule has 6 unspecified atom stereocenters. The number of carbonyl (C=O) groups excluding carboxylic acids is 3. The summed E-state index contributed by atoms with van der Waals surface area (Å²) in [5, 5.41) is 31.6. The van der Waals surface area contributed by atoms with Crippen molar-refractivity contribution in [2.75, 3.05) is 13.2 Å². The van der Waals surface area contributed by atoms with E-state index in [1.165, 1.54) is 128 Å². The van der Waals surface area contributed by atoms with Gasteiger partial charge in [0.1, 0.15) is 18.8 Å². The molecular weight excluding hydrogens is 1040 g/mol. The van der Waals surface area contributed by atoms with Crippen LogP contribution in [-0.2, 0) is 42.9 Å². The van der Waals surface area contributed by atoms with Gasteiger partial charge >= 0.3 is 23.9 Å². The quantitative estimate of drug-likeness (QED) is 0.0228. The van der Waals surface area contributed by atoms with Gasteiger partial charge in [0.05, 0.1) is 6.61 Å². The number of hydrogen-bond donors (Lipinski definition) is 3. The molecule has 83 heavy (non-hydrogen) atoms. The second-order valence-electron chi connectivity index (χ2n) is 23.1. The van der Waals surface area contributed by atoms with Crippen LogP contribution in [-0.4, -0.2) is 89.2 Å². The Labute approximate surface area is 506 Å². The number of hydrogen-bond acceptors (Lipinski definition) is 11. The molecule has 1 aliphatic heterocycles. The van der Waals surface area contributed by atoms with Crippen LogP contribution in [0.15, 0.2) is 72.9 Å². The summed E-state index contributed by atoms with van der Waals surface area (Å²) < 4.78 is 28.6. The van der Waals surface area contributed by atoms with Crippen molar-refractivity contribution in [1.29, 1.82) is 0 Å². The molecule has 3 N–H and O–H groups in total. The summed E-state index contributed by atoms with van der Waals surface area (Å²) in [5.41, 5.74) is 0. The highest BCUT2D eigenvalue weighted by Crippen LogP contribution is 2.27. The van der Waals surface area contributed by atoms with Crippen molar-refractivity contribution in [3.05, 3.63) is 72.9 Å². The molecule has 478 valence electrons. The molecule has 1 heterocycles. The molecule has 0 aromatic carbocycles. The number of aliphatic hydroxyl groups is 2. The first kappa shape index (κ1) is 77.2. The van der Waals surface area contributed by atoms with Crippen LogP contribution in [0.1, 0.15) is 303 Å². The summed E-state index contributed by atoms with van der Waals surface area (Å²) >= 11 is 0. The summed E-state index contributed by atoms with van der Waals surface area (Å²) in [6, 6.07) is 0. The number of esters is 3. The Balaban J connectivity index is 2.64. The molecule has 12 heteroatoms. The van der Waals surface area contributed by atoms with E-state index in [0.29, 0.717) is 19.3 Å². The topological polar surface area (TPSA) is 175 Å². The van der Waals surface area contributed by atoms with Crippen LogP contribution in [0.5, 0.6) is 0 Å². The zero-order valence-corrected chi connectivity index (χ0v) is 52.9. The number of aliphatic carboxylic acids is 1. The fraction of sp³-hybridized carbons (Fsp3) is 0.775. The van der Waals surface area contributed by atoms with Gasteiger partial charge in [-0.1, -0.05) is 248 Å². The minimum absolute atomic E-state index is 0.0553. The third-order valence-corrected chi connectivity index (χ3v) is 15.2. The molecule has 12 nitrogen and oxygen atoms in total. The van der Waals surface area contributed by atoms with Crippen LogP contribution in [0.25, 0.3) is 0 Å². The zero-order chi connectivity index (χ0) is 60.3. The van der Waals surface area contributed by atoms with Crippen molar-refractivity contribution in [2.24, 2.45) is 0 Å². The number of carboxylic acids is 1. The van der Waals surface area contributed by atoms with Gasteiger partial charge in [0.15, 0.2) is 24.6 Å². The third-order valence-electron chi connectivity index (χ3n) is 15.2. The number of ether oxygens (including phenoxy) is 5. The van der Waals surface area contributed by atoms with E-state index in [2.05, 4.69) is 93.7 Å². The number of carboxylic acid groups (broad SMARTS) is 1. The number of aliphatic hydroxyl groups excluding tert-OH is 2. The van der Waals surface area contributed by atoms with Gasteiger partial charge in [-0.3, -0.25) is 14.4 Å².